The van der Waals surface area contributed by atoms with Crippen LogP contribution < -0.4 is 4.90 Å². The van der Waals surface area contributed by atoms with Gasteiger partial charge in [-0.3, -0.25) is 0 Å². The lowest BCUT2D eigenvalue weighted by molar-refractivity contribution is -0.145. The van der Waals surface area contributed by atoms with Gasteiger partial charge < -0.3 is 14.4 Å². The Bertz CT molecular complexity index is 667. The molecule has 1 aromatic carbocycles. The van der Waals surface area contributed by atoms with Crippen molar-refractivity contribution in [2.24, 2.45) is 0 Å². The van der Waals surface area contributed by atoms with Gasteiger partial charge >= 0.3 is 0 Å². The second-order valence-corrected chi connectivity index (χ2v) is 6.47. The number of hydrogen-bond acceptors (Lipinski definition) is 4. The first-order valence-corrected chi connectivity index (χ1v) is 8.10. The van der Waals surface area contributed by atoms with E-state index in [-0.39, 0.29) is 11.7 Å². The van der Waals surface area contributed by atoms with Crippen LogP contribution in [0.1, 0.15) is 19.8 Å². The van der Waals surface area contributed by atoms with Crippen molar-refractivity contribution in [1.82, 2.24) is 4.98 Å². The van der Waals surface area contributed by atoms with Gasteiger partial charge in [0.25, 0.3) is 0 Å². The van der Waals surface area contributed by atoms with E-state index in [2.05, 4.69) is 42.2 Å². The maximum atomic E-state index is 6.30. The molecular weight excluding hydrogens is 276 g/mol. The fourth-order valence-electron chi connectivity index (χ4n) is 3.65. The van der Waals surface area contributed by atoms with Crippen LogP contribution in [0.3, 0.4) is 0 Å². The summed E-state index contributed by atoms with van der Waals surface area (Å²) in [7, 11) is 0. The topological polar surface area (TPSA) is 34.6 Å². The highest BCUT2D eigenvalue weighted by atomic mass is 16.5. The van der Waals surface area contributed by atoms with Crippen molar-refractivity contribution in [1.29, 1.82) is 0 Å². The molecule has 4 rings (SSSR count). The monoisotopic (exact) mass is 298 g/mol. The van der Waals surface area contributed by atoms with Crippen LogP contribution in [0.5, 0.6) is 0 Å². The molecule has 2 fully saturated rings. The van der Waals surface area contributed by atoms with Crippen molar-refractivity contribution in [3.05, 3.63) is 36.4 Å². The molecule has 0 saturated carbocycles. The first kappa shape index (κ1) is 14.0. The molecule has 1 spiro atoms. The van der Waals surface area contributed by atoms with E-state index in [4.69, 9.17) is 14.5 Å². The summed E-state index contributed by atoms with van der Waals surface area (Å²) < 4.78 is 11.8. The highest BCUT2D eigenvalue weighted by molar-refractivity contribution is 5.80. The van der Waals surface area contributed by atoms with Crippen LogP contribution in [0.15, 0.2) is 36.4 Å². The van der Waals surface area contributed by atoms with E-state index in [0.717, 1.165) is 50.5 Å². The Balaban J connectivity index is 1.64. The number of ether oxygens (including phenoxy) is 2. The van der Waals surface area contributed by atoms with Crippen LogP contribution in [0.25, 0.3) is 10.9 Å². The summed E-state index contributed by atoms with van der Waals surface area (Å²) in [5.74, 6) is 1.06. The predicted octanol–water partition coefficient (Wildman–Crippen LogP) is 3.01. The maximum absolute atomic E-state index is 6.30. The molecule has 22 heavy (non-hydrogen) atoms. The Labute approximate surface area is 131 Å². The van der Waals surface area contributed by atoms with E-state index in [0.29, 0.717) is 0 Å². The summed E-state index contributed by atoms with van der Waals surface area (Å²) in [6, 6.07) is 12.6. The summed E-state index contributed by atoms with van der Waals surface area (Å²) >= 11 is 0. The van der Waals surface area contributed by atoms with Gasteiger partial charge in [0.15, 0.2) is 0 Å². The predicted molar refractivity (Wildman–Crippen MR) is 87.3 cm³/mol. The Morgan fingerprint density at radius 1 is 1.14 bits per heavy atom. The number of hydrogen-bond donors (Lipinski definition) is 0. The summed E-state index contributed by atoms with van der Waals surface area (Å²) in [6.07, 6.45) is 2.17. The quantitative estimate of drug-likeness (QED) is 0.810. The molecule has 0 N–H and O–H groups in total. The van der Waals surface area contributed by atoms with Crippen molar-refractivity contribution in [2.45, 2.75) is 31.5 Å². The minimum atomic E-state index is -0.0662. The van der Waals surface area contributed by atoms with Crippen molar-refractivity contribution in [2.75, 3.05) is 31.2 Å². The molecule has 2 aliphatic rings. The zero-order valence-corrected chi connectivity index (χ0v) is 13.0. The first-order chi connectivity index (χ1) is 10.7. The lowest BCUT2D eigenvalue weighted by Crippen LogP contribution is -2.57. The summed E-state index contributed by atoms with van der Waals surface area (Å²) in [4.78, 5) is 7.23. The van der Waals surface area contributed by atoms with Gasteiger partial charge in [0.2, 0.25) is 0 Å². The highest BCUT2D eigenvalue weighted by Crippen LogP contribution is 2.33. The van der Waals surface area contributed by atoms with E-state index in [1.54, 1.807) is 0 Å². The fourth-order valence-corrected chi connectivity index (χ4v) is 3.65. The van der Waals surface area contributed by atoms with Crippen LogP contribution in [0.4, 0.5) is 5.82 Å². The summed E-state index contributed by atoms with van der Waals surface area (Å²) in [5.41, 5.74) is 0.989. The van der Waals surface area contributed by atoms with Crippen molar-refractivity contribution < 1.29 is 9.47 Å². The van der Waals surface area contributed by atoms with Crippen LogP contribution in [0, 0.1) is 0 Å². The third kappa shape index (κ3) is 2.57. The van der Waals surface area contributed by atoms with Gasteiger partial charge in [-0.2, -0.15) is 0 Å². The minimum absolute atomic E-state index is 0.0662. The average molecular weight is 298 g/mol. The largest absolute Gasteiger partial charge is 0.381 e. The molecule has 3 heterocycles. The highest BCUT2D eigenvalue weighted by Gasteiger charge is 2.41. The molecule has 0 amide bonds. The number of aromatic nitrogens is 1. The van der Waals surface area contributed by atoms with Crippen LogP contribution in [-0.4, -0.2) is 43.0 Å². The lowest BCUT2D eigenvalue weighted by Gasteiger charge is -2.47. The molecule has 0 unspecified atom stereocenters. The fraction of sp³-hybridized carbons (Fsp3) is 0.500. The SMILES string of the molecule is C[C@@H]1CN(c2ccc3ccccc3n2)CC2(CCOCC2)O1. The van der Waals surface area contributed by atoms with Crippen LogP contribution in [0.2, 0.25) is 0 Å². The Kier molecular flexibility index (Phi) is 3.51. The molecule has 1 aromatic heterocycles. The van der Waals surface area contributed by atoms with Gasteiger partial charge in [-0.1, -0.05) is 18.2 Å². The standard InChI is InChI=1S/C18H22N2O2/c1-14-12-20(13-18(22-14)8-10-21-11-9-18)17-7-6-15-4-2-3-5-16(15)19-17/h2-7,14H,8-13H2,1H3/t14-/m1/s1. The van der Waals surface area contributed by atoms with E-state index >= 15 is 0 Å². The van der Waals surface area contributed by atoms with Crippen LogP contribution >= 0.6 is 0 Å². The number of anilines is 1. The number of fused-ring (bicyclic) bond motifs is 1. The van der Waals surface area contributed by atoms with Gasteiger partial charge in [0.05, 0.1) is 17.2 Å². The smallest absolute Gasteiger partial charge is 0.129 e. The number of rotatable bonds is 1. The molecule has 0 radical (unpaired) electrons. The van der Waals surface area contributed by atoms with Gasteiger partial charge in [0, 0.05) is 44.5 Å². The molecular formula is C18H22N2O2. The normalized spacial score (nSPS) is 24.8. The van der Waals surface area contributed by atoms with Crippen LogP contribution in [-0.2, 0) is 9.47 Å². The van der Waals surface area contributed by atoms with Gasteiger partial charge in [-0.05, 0) is 25.1 Å². The number of nitrogens with zero attached hydrogens (tertiary/aromatic N) is 2. The van der Waals surface area contributed by atoms with Gasteiger partial charge in [-0.25, -0.2) is 4.98 Å². The molecule has 2 saturated heterocycles. The molecule has 4 heteroatoms. The van der Waals surface area contributed by atoms with Crippen molar-refractivity contribution in [3.63, 3.8) is 0 Å². The molecule has 2 aromatic rings. The van der Waals surface area contributed by atoms with E-state index in [1.807, 2.05) is 6.07 Å². The third-order valence-corrected chi connectivity index (χ3v) is 4.72. The maximum Gasteiger partial charge on any atom is 0.129 e. The molecule has 0 aliphatic carbocycles. The van der Waals surface area contributed by atoms with Gasteiger partial charge in [-0.15, -0.1) is 0 Å². The number of para-hydroxylation sites is 1. The molecule has 0 bridgehead atoms. The molecule has 4 nitrogen and oxygen atoms in total. The third-order valence-electron chi connectivity index (χ3n) is 4.72. The Morgan fingerprint density at radius 3 is 2.82 bits per heavy atom. The van der Waals surface area contributed by atoms with E-state index < -0.39 is 0 Å². The van der Waals surface area contributed by atoms with E-state index in [1.165, 1.54) is 5.39 Å². The number of morpholine rings is 1. The Hall–Kier alpha value is -1.65. The first-order valence-electron chi connectivity index (χ1n) is 8.10. The molecule has 1 atom stereocenters. The zero-order valence-electron chi connectivity index (χ0n) is 13.0. The number of pyridine rings is 1. The lowest BCUT2D eigenvalue weighted by atomic mass is 9.91. The van der Waals surface area contributed by atoms with Crippen molar-refractivity contribution in [3.8, 4) is 0 Å². The molecule has 116 valence electrons. The molecule has 2 aliphatic heterocycles. The second kappa shape index (κ2) is 5.52. The summed E-state index contributed by atoms with van der Waals surface area (Å²) in [5, 5.41) is 1.19. The Morgan fingerprint density at radius 2 is 1.95 bits per heavy atom. The van der Waals surface area contributed by atoms with Crippen molar-refractivity contribution >= 4 is 16.7 Å². The summed E-state index contributed by atoms with van der Waals surface area (Å²) in [6.45, 7) is 5.56. The minimum Gasteiger partial charge on any atom is -0.381 e. The van der Waals surface area contributed by atoms with Gasteiger partial charge in [0.1, 0.15) is 5.82 Å². The average Bonchev–Trinajstić information content (AvgIpc) is 2.54. The number of benzene rings is 1. The second-order valence-electron chi connectivity index (χ2n) is 6.47. The zero-order chi connectivity index (χ0) is 15.0. The van der Waals surface area contributed by atoms with E-state index in [9.17, 15) is 0 Å².